The van der Waals surface area contributed by atoms with Crippen LogP contribution < -0.4 is 5.73 Å². The van der Waals surface area contributed by atoms with Crippen molar-refractivity contribution < 1.29 is 25.2 Å². The van der Waals surface area contributed by atoms with Crippen LogP contribution in [0.25, 0.3) is 11.2 Å². The molecular weight excluding hydrogens is 378 g/mol. The molecule has 0 spiro atoms. The minimum Gasteiger partial charge on any atom is -0.394 e. The van der Waals surface area contributed by atoms with Crippen molar-refractivity contribution >= 4 is 17.0 Å². The van der Waals surface area contributed by atoms with E-state index < -0.39 is 36.7 Å². The van der Waals surface area contributed by atoms with Gasteiger partial charge in [0, 0.05) is 6.42 Å². The molecule has 1 saturated heterocycles. The number of anilines is 1. The van der Waals surface area contributed by atoms with E-state index in [1.165, 1.54) is 10.9 Å². The predicted octanol–water partition coefficient (Wildman–Crippen LogP) is -0.543. The molecule has 4 rings (SSSR count). The molecule has 0 radical (unpaired) electrons. The highest BCUT2D eigenvalue weighted by Gasteiger charge is 2.44. The molecule has 6 N–H and O–H groups in total. The van der Waals surface area contributed by atoms with Gasteiger partial charge in [0.1, 0.15) is 23.8 Å². The Bertz CT molecular complexity index is 946. The van der Waals surface area contributed by atoms with Gasteiger partial charge in [0.25, 0.3) is 0 Å². The van der Waals surface area contributed by atoms with E-state index in [2.05, 4.69) is 26.8 Å². The number of fused-ring (bicyclic) bond motifs is 1. The molecular formula is C19H25N5O5. The Balaban J connectivity index is 1.62. The Morgan fingerprint density at radius 3 is 2.66 bits per heavy atom. The van der Waals surface area contributed by atoms with Gasteiger partial charge in [-0.3, -0.25) is 4.57 Å². The summed E-state index contributed by atoms with van der Waals surface area (Å²) in [6, 6.07) is 0. The minimum absolute atomic E-state index is 0.126. The SMILES string of the molecule is Nc1nc(C#CCC2(O)CCCCC2)nc2c1ncn2[C@@H]1O[C@H](CO)[C@@H](O)[C@H]1O. The number of imidazole rings is 1. The molecule has 2 aromatic heterocycles. The average Bonchev–Trinajstić information content (AvgIpc) is 3.24. The number of aliphatic hydroxyl groups is 4. The first kappa shape index (κ1) is 20.0. The monoisotopic (exact) mass is 403 g/mol. The van der Waals surface area contributed by atoms with Crippen molar-refractivity contribution in [3.05, 3.63) is 12.2 Å². The number of aliphatic hydroxyl groups excluding tert-OH is 3. The highest BCUT2D eigenvalue weighted by atomic mass is 16.6. The Morgan fingerprint density at radius 2 is 1.97 bits per heavy atom. The molecule has 156 valence electrons. The maximum absolute atomic E-state index is 10.6. The fraction of sp³-hybridized carbons (Fsp3) is 0.632. The molecule has 0 unspecified atom stereocenters. The first-order valence-corrected chi connectivity index (χ1v) is 9.76. The van der Waals surface area contributed by atoms with E-state index >= 15 is 0 Å². The molecule has 0 bridgehead atoms. The van der Waals surface area contributed by atoms with Gasteiger partial charge in [0.15, 0.2) is 17.7 Å². The molecule has 10 nitrogen and oxygen atoms in total. The predicted molar refractivity (Wildman–Crippen MR) is 102 cm³/mol. The molecule has 29 heavy (non-hydrogen) atoms. The first-order valence-electron chi connectivity index (χ1n) is 9.76. The zero-order valence-corrected chi connectivity index (χ0v) is 15.9. The van der Waals surface area contributed by atoms with Crippen LogP contribution in [0.2, 0.25) is 0 Å². The van der Waals surface area contributed by atoms with Gasteiger partial charge < -0.3 is 30.9 Å². The van der Waals surface area contributed by atoms with E-state index in [1.807, 2.05) is 0 Å². The van der Waals surface area contributed by atoms with Crippen molar-refractivity contribution in [1.29, 1.82) is 0 Å². The van der Waals surface area contributed by atoms with Crippen molar-refractivity contribution in [2.24, 2.45) is 0 Å². The van der Waals surface area contributed by atoms with Gasteiger partial charge in [0.05, 0.1) is 18.5 Å². The fourth-order valence-corrected chi connectivity index (χ4v) is 3.96. The second-order valence-corrected chi connectivity index (χ2v) is 7.75. The number of hydrogen-bond acceptors (Lipinski definition) is 9. The van der Waals surface area contributed by atoms with Crippen LogP contribution in [0.3, 0.4) is 0 Å². The van der Waals surface area contributed by atoms with Crippen LogP contribution in [0, 0.1) is 11.8 Å². The van der Waals surface area contributed by atoms with Crippen LogP contribution in [0.4, 0.5) is 5.82 Å². The molecule has 4 atom stereocenters. The maximum Gasteiger partial charge on any atom is 0.208 e. The average molecular weight is 403 g/mol. The van der Waals surface area contributed by atoms with Gasteiger partial charge in [0.2, 0.25) is 5.82 Å². The van der Waals surface area contributed by atoms with Crippen molar-refractivity contribution in [2.45, 2.75) is 68.7 Å². The third-order valence-corrected chi connectivity index (χ3v) is 5.64. The molecule has 2 aromatic rings. The Labute approximate surface area is 167 Å². The lowest BCUT2D eigenvalue weighted by molar-refractivity contribution is -0.0511. The van der Waals surface area contributed by atoms with Crippen molar-refractivity contribution in [2.75, 3.05) is 12.3 Å². The highest BCUT2D eigenvalue weighted by Crippen LogP contribution is 2.32. The van der Waals surface area contributed by atoms with E-state index in [-0.39, 0.29) is 11.6 Å². The Hall–Kier alpha value is -2.29. The van der Waals surface area contributed by atoms with Crippen LogP contribution in [0.15, 0.2) is 6.33 Å². The summed E-state index contributed by atoms with van der Waals surface area (Å²) in [7, 11) is 0. The normalized spacial score (nSPS) is 29.0. The van der Waals surface area contributed by atoms with Crippen LogP contribution >= 0.6 is 0 Å². The van der Waals surface area contributed by atoms with E-state index in [0.29, 0.717) is 17.6 Å². The van der Waals surface area contributed by atoms with Gasteiger partial charge in [-0.1, -0.05) is 25.2 Å². The van der Waals surface area contributed by atoms with Crippen LogP contribution in [-0.2, 0) is 4.74 Å². The molecule has 0 aromatic carbocycles. The molecule has 1 aliphatic heterocycles. The third-order valence-electron chi connectivity index (χ3n) is 5.64. The van der Waals surface area contributed by atoms with E-state index in [1.54, 1.807) is 0 Å². The van der Waals surface area contributed by atoms with Crippen LogP contribution in [0.1, 0.15) is 50.6 Å². The summed E-state index contributed by atoms with van der Waals surface area (Å²) in [5.74, 6) is 6.10. The zero-order valence-electron chi connectivity index (χ0n) is 15.9. The van der Waals surface area contributed by atoms with Crippen LogP contribution in [0.5, 0.6) is 0 Å². The smallest absolute Gasteiger partial charge is 0.208 e. The van der Waals surface area contributed by atoms with E-state index in [0.717, 1.165) is 32.1 Å². The number of nitrogens with zero attached hydrogens (tertiary/aromatic N) is 4. The van der Waals surface area contributed by atoms with Gasteiger partial charge in [-0.25, -0.2) is 15.0 Å². The van der Waals surface area contributed by atoms with Crippen molar-refractivity contribution in [1.82, 2.24) is 19.5 Å². The summed E-state index contributed by atoms with van der Waals surface area (Å²) >= 11 is 0. The molecule has 10 heteroatoms. The minimum atomic E-state index is -1.27. The highest BCUT2D eigenvalue weighted by molar-refractivity contribution is 5.82. The zero-order chi connectivity index (χ0) is 20.6. The van der Waals surface area contributed by atoms with Gasteiger partial charge in [-0.05, 0) is 18.8 Å². The molecule has 1 aliphatic carbocycles. The number of nitrogen functional groups attached to an aromatic ring is 1. The Morgan fingerprint density at radius 1 is 1.21 bits per heavy atom. The lowest BCUT2D eigenvalue weighted by atomic mass is 9.83. The third kappa shape index (κ3) is 3.80. The summed E-state index contributed by atoms with van der Waals surface area (Å²) in [5, 5.41) is 40.1. The fourth-order valence-electron chi connectivity index (χ4n) is 3.96. The first-order chi connectivity index (χ1) is 13.9. The summed E-state index contributed by atoms with van der Waals surface area (Å²) in [5.41, 5.74) is 5.84. The van der Waals surface area contributed by atoms with E-state index in [4.69, 9.17) is 10.5 Å². The summed E-state index contributed by atoms with van der Waals surface area (Å²) in [6.45, 7) is -0.432. The van der Waals surface area contributed by atoms with Gasteiger partial charge in [-0.15, -0.1) is 0 Å². The van der Waals surface area contributed by atoms with E-state index in [9.17, 15) is 20.4 Å². The molecule has 1 saturated carbocycles. The quantitative estimate of drug-likeness (QED) is 0.424. The molecule has 0 amide bonds. The number of ether oxygens (including phenoxy) is 1. The van der Waals surface area contributed by atoms with Gasteiger partial charge in [-0.2, -0.15) is 0 Å². The standard InChI is InChI=1S/C19H25N5O5/c20-16-13-17(24(10-21-13)18-15(27)14(26)11(9-25)29-18)23-12(22-16)5-4-8-19(28)6-2-1-3-7-19/h10-11,14-15,18,25-28H,1-3,6-9H2,(H2,20,22,23)/t11-,14-,15-,18-/m1/s1. The van der Waals surface area contributed by atoms with Gasteiger partial charge >= 0.3 is 0 Å². The number of nitrogens with two attached hydrogens (primary N) is 1. The molecule has 2 fully saturated rings. The second kappa shape index (κ2) is 7.85. The lowest BCUT2D eigenvalue weighted by Gasteiger charge is -2.29. The summed E-state index contributed by atoms with van der Waals surface area (Å²) in [4.78, 5) is 12.7. The number of hydrogen-bond donors (Lipinski definition) is 5. The number of rotatable bonds is 3. The van der Waals surface area contributed by atoms with Crippen LogP contribution in [-0.4, -0.2) is 70.5 Å². The lowest BCUT2D eigenvalue weighted by Crippen LogP contribution is -2.33. The molecule has 3 heterocycles. The summed E-state index contributed by atoms with van der Waals surface area (Å²) < 4.78 is 6.98. The molecule has 2 aliphatic rings. The topological polar surface area (TPSA) is 160 Å². The van der Waals surface area contributed by atoms with Crippen molar-refractivity contribution in [3.63, 3.8) is 0 Å². The van der Waals surface area contributed by atoms with Crippen molar-refractivity contribution in [3.8, 4) is 11.8 Å². The maximum atomic E-state index is 10.6. The number of aromatic nitrogens is 4. The Kier molecular flexibility index (Phi) is 5.42. The largest absolute Gasteiger partial charge is 0.394 e. The second-order valence-electron chi connectivity index (χ2n) is 7.75. The summed E-state index contributed by atoms with van der Waals surface area (Å²) in [6.07, 6.45) is 1.93.